The van der Waals surface area contributed by atoms with Crippen LogP contribution in [0.15, 0.2) is 60.8 Å². The molecule has 9 nitrogen and oxygen atoms in total. The minimum Gasteiger partial charge on any atom is -0.493 e. The number of amides is 1. The number of imidazole rings is 1. The van der Waals surface area contributed by atoms with E-state index in [1.54, 1.807) is 0 Å². The lowest BCUT2D eigenvalue weighted by atomic mass is 9.70. The molecule has 1 amide bonds. The molecule has 5 heterocycles. The summed E-state index contributed by atoms with van der Waals surface area (Å²) < 4.78 is 2.51. The molecule has 0 spiro atoms. The highest BCUT2D eigenvalue weighted by Gasteiger charge is 2.44. The number of benzene rings is 2. The summed E-state index contributed by atoms with van der Waals surface area (Å²) in [7, 11) is 0. The van der Waals surface area contributed by atoms with Crippen molar-refractivity contribution in [1.29, 1.82) is 0 Å². The molecule has 236 valence electrons. The van der Waals surface area contributed by atoms with E-state index in [4.69, 9.17) is 4.98 Å². The number of aromatic hydroxyl groups is 1. The molecule has 0 aliphatic carbocycles. The zero-order chi connectivity index (χ0) is 31.1. The van der Waals surface area contributed by atoms with Crippen LogP contribution in [0.25, 0.3) is 11.0 Å². The van der Waals surface area contributed by atoms with E-state index in [0.29, 0.717) is 37.2 Å². The number of anilines is 1. The molecule has 45 heavy (non-hydrogen) atoms. The van der Waals surface area contributed by atoms with Crippen molar-refractivity contribution in [2.45, 2.75) is 95.3 Å². The largest absolute Gasteiger partial charge is 0.493 e. The van der Waals surface area contributed by atoms with Gasteiger partial charge in [0.05, 0.1) is 11.0 Å². The summed E-state index contributed by atoms with van der Waals surface area (Å²) >= 11 is 0. The van der Waals surface area contributed by atoms with Crippen molar-refractivity contribution in [3.8, 4) is 5.88 Å². The number of hydrogen-bond acceptors (Lipinski definition) is 7. The van der Waals surface area contributed by atoms with E-state index in [1.807, 2.05) is 18.7 Å². The molecule has 3 atom stereocenters. The molecule has 3 saturated heterocycles. The molecule has 2 N–H and O–H groups in total. The molecule has 2 bridgehead atoms. The molecule has 0 saturated carbocycles. The summed E-state index contributed by atoms with van der Waals surface area (Å²) in [6.45, 7) is 8.46. The second kappa shape index (κ2) is 12.1. The maximum atomic E-state index is 13.5. The fraction of sp³-hybridized carbons (Fsp3) is 0.500. The fourth-order valence-corrected chi connectivity index (χ4v) is 8.42. The average Bonchev–Trinajstić information content (AvgIpc) is 3.50. The first-order valence-corrected chi connectivity index (χ1v) is 16.7. The normalized spacial score (nSPS) is 23.1. The summed E-state index contributed by atoms with van der Waals surface area (Å²) in [5.41, 5.74) is 3.91. The number of nitrogens with one attached hydrogen (secondary N) is 1. The van der Waals surface area contributed by atoms with Crippen LogP contribution in [0.3, 0.4) is 0 Å². The molecule has 2 aromatic carbocycles. The number of nitrogens with zero attached hydrogens (tertiary/aromatic N) is 6. The van der Waals surface area contributed by atoms with Crippen LogP contribution in [0.2, 0.25) is 0 Å². The van der Waals surface area contributed by atoms with Crippen LogP contribution in [0, 0.1) is 6.92 Å². The highest BCUT2D eigenvalue weighted by molar-refractivity contribution is 5.96. The predicted molar refractivity (Wildman–Crippen MR) is 177 cm³/mol. The summed E-state index contributed by atoms with van der Waals surface area (Å²) in [6, 6.07) is 21.3. The Morgan fingerprint density at radius 2 is 1.67 bits per heavy atom. The zero-order valence-electron chi connectivity index (χ0n) is 26.7. The first kappa shape index (κ1) is 29.7. The summed E-state index contributed by atoms with van der Waals surface area (Å²) in [4.78, 5) is 31.4. The van der Waals surface area contributed by atoms with Crippen LogP contribution in [0.1, 0.15) is 86.6 Å². The molecule has 2 aromatic heterocycles. The van der Waals surface area contributed by atoms with E-state index < -0.39 is 0 Å². The molecular weight excluding hydrogens is 562 g/mol. The smallest absolute Gasteiger partial charge is 0.260 e. The molecular formula is C36H45N7O2. The van der Waals surface area contributed by atoms with Crippen molar-refractivity contribution >= 4 is 22.9 Å². The summed E-state index contributed by atoms with van der Waals surface area (Å²) in [6.07, 6.45) is 9.20. The Hall–Kier alpha value is -3.98. The number of hydrogen-bond donors (Lipinski definition) is 2. The van der Waals surface area contributed by atoms with E-state index in [2.05, 4.69) is 86.3 Å². The Balaban J connectivity index is 1.04. The fourth-order valence-electron chi connectivity index (χ4n) is 8.42. The Morgan fingerprint density at radius 3 is 2.36 bits per heavy atom. The molecule has 3 fully saturated rings. The van der Waals surface area contributed by atoms with Crippen LogP contribution in [-0.4, -0.2) is 78.1 Å². The van der Waals surface area contributed by atoms with Crippen LogP contribution < -0.4 is 5.32 Å². The summed E-state index contributed by atoms with van der Waals surface area (Å²) in [5, 5.41) is 13.6. The lowest BCUT2D eigenvalue weighted by Crippen LogP contribution is -2.49. The number of para-hydroxylation sites is 2. The van der Waals surface area contributed by atoms with Gasteiger partial charge in [-0.3, -0.25) is 9.69 Å². The second-order valence-corrected chi connectivity index (χ2v) is 13.7. The van der Waals surface area contributed by atoms with Crippen LogP contribution in [0.5, 0.6) is 5.88 Å². The average molecular weight is 608 g/mol. The zero-order valence-corrected chi connectivity index (χ0v) is 26.7. The number of likely N-dealkylation sites (tertiary alicyclic amines) is 1. The van der Waals surface area contributed by atoms with E-state index >= 15 is 0 Å². The third kappa shape index (κ3) is 5.67. The van der Waals surface area contributed by atoms with Crippen molar-refractivity contribution in [2.24, 2.45) is 0 Å². The number of aryl methyl sites for hydroxylation is 1. The summed E-state index contributed by atoms with van der Waals surface area (Å²) in [5.74, 6) is 0.984. The van der Waals surface area contributed by atoms with E-state index in [-0.39, 0.29) is 28.8 Å². The highest BCUT2D eigenvalue weighted by atomic mass is 16.3. The van der Waals surface area contributed by atoms with Gasteiger partial charge in [0.25, 0.3) is 5.91 Å². The maximum absolute atomic E-state index is 13.5. The van der Waals surface area contributed by atoms with Crippen molar-refractivity contribution in [1.82, 2.24) is 29.3 Å². The van der Waals surface area contributed by atoms with Crippen LogP contribution in [-0.2, 0) is 5.41 Å². The quantitative estimate of drug-likeness (QED) is 0.250. The topological polar surface area (TPSA) is 99.4 Å². The van der Waals surface area contributed by atoms with Gasteiger partial charge >= 0.3 is 0 Å². The Kier molecular flexibility index (Phi) is 7.98. The monoisotopic (exact) mass is 607 g/mol. The van der Waals surface area contributed by atoms with Gasteiger partial charge < -0.3 is 19.9 Å². The van der Waals surface area contributed by atoms with Crippen LogP contribution >= 0.6 is 0 Å². The second-order valence-electron chi connectivity index (χ2n) is 13.7. The van der Waals surface area contributed by atoms with Gasteiger partial charge in [0.15, 0.2) is 0 Å². The number of carbonyl (C=O) groups excluding carboxylic acids is 1. The lowest BCUT2D eigenvalue weighted by molar-refractivity contribution is 0.0603. The third-order valence-corrected chi connectivity index (χ3v) is 10.7. The minimum atomic E-state index is -0.268. The van der Waals surface area contributed by atoms with E-state index in [9.17, 15) is 9.90 Å². The molecule has 3 aliphatic rings. The number of fused-ring (bicyclic) bond motifs is 3. The van der Waals surface area contributed by atoms with Gasteiger partial charge in [0.1, 0.15) is 11.4 Å². The standard InChI is InChI=1S/C36H45N7O2/c1-24(2)38-35-37-23-30(33(44)40-35)34(45)41-18-15-36(16-19-41,26-9-5-4-6-10-26)17-20-42-27-13-14-28(42)22-29(21-27)43-25(3)39-31-11-7-8-12-32(31)43/h4-12,23-24,27-29H,13-22H2,1-3H3,(H2,37,38,40,44)/t27-,28+,29?. The molecule has 9 heteroatoms. The van der Waals surface area contributed by atoms with E-state index in [0.717, 1.165) is 37.1 Å². The molecule has 3 aliphatic heterocycles. The maximum Gasteiger partial charge on any atom is 0.260 e. The number of carbonyl (C=O) groups is 1. The Morgan fingerprint density at radius 1 is 0.978 bits per heavy atom. The van der Waals surface area contributed by atoms with Gasteiger partial charge in [-0.2, -0.15) is 4.98 Å². The Bertz CT molecular complexity index is 1650. The minimum absolute atomic E-state index is 0.00898. The highest BCUT2D eigenvalue weighted by Crippen LogP contribution is 2.45. The number of piperidine rings is 2. The molecule has 4 aromatic rings. The van der Waals surface area contributed by atoms with Gasteiger partial charge in [0, 0.05) is 43.5 Å². The third-order valence-electron chi connectivity index (χ3n) is 10.7. The molecule has 0 radical (unpaired) electrons. The Labute approximate surface area is 265 Å². The molecule has 1 unspecified atom stereocenters. The van der Waals surface area contributed by atoms with Gasteiger partial charge in [-0.25, -0.2) is 9.97 Å². The first-order chi connectivity index (χ1) is 21.8. The first-order valence-electron chi connectivity index (χ1n) is 16.7. The van der Waals surface area contributed by atoms with Crippen molar-refractivity contribution < 1.29 is 9.90 Å². The lowest BCUT2D eigenvalue weighted by Gasteiger charge is -2.45. The van der Waals surface area contributed by atoms with Crippen molar-refractivity contribution in [3.05, 3.63) is 77.7 Å². The van der Waals surface area contributed by atoms with Crippen molar-refractivity contribution in [3.63, 3.8) is 0 Å². The van der Waals surface area contributed by atoms with Gasteiger partial charge in [-0.15, -0.1) is 0 Å². The van der Waals surface area contributed by atoms with Gasteiger partial charge in [-0.05, 0) is 95.4 Å². The number of aromatic nitrogens is 4. The van der Waals surface area contributed by atoms with E-state index in [1.165, 1.54) is 43.0 Å². The molecule has 7 rings (SSSR count). The predicted octanol–water partition coefficient (Wildman–Crippen LogP) is 6.09. The van der Waals surface area contributed by atoms with Crippen LogP contribution in [0.4, 0.5) is 5.95 Å². The number of rotatable bonds is 8. The SMILES string of the molecule is Cc1nc2ccccc2n1C1C[C@H]2CC[C@@H](C1)N2CCC1(c2ccccc2)CCN(C(=O)c2cnc(NC(C)C)nc2O)CC1. The van der Waals surface area contributed by atoms with Gasteiger partial charge in [0.2, 0.25) is 11.8 Å². The van der Waals surface area contributed by atoms with Gasteiger partial charge in [-0.1, -0.05) is 42.5 Å². The van der Waals surface area contributed by atoms with Crippen molar-refractivity contribution in [2.75, 3.05) is 25.0 Å².